The highest BCUT2D eigenvalue weighted by molar-refractivity contribution is 5.91. The number of nitrogens with zero attached hydrogens (tertiary/aromatic N) is 2. The fraction of sp³-hybridized carbons (Fsp3) is 0.167. The summed E-state index contributed by atoms with van der Waals surface area (Å²) in [6, 6.07) is 9.19. The van der Waals surface area contributed by atoms with E-state index in [1.165, 1.54) is 6.20 Å². The number of carboxylic acid groups (broad SMARTS) is 1. The van der Waals surface area contributed by atoms with Gasteiger partial charge in [-0.3, -0.25) is 0 Å². The molecule has 0 atom stereocenters. The quantitative estimate of drug-likeness (QED) is 0.619. The molecule has 0 unspecified atom stereocenters. The first kappa shape index (κ1) is 11.8. The minimum Gasteiger partial charge on any atom is -0.477 e. The van der Waals surface area contributed by atoms with Gasteiger partial charge in [0.25, 0.3) is 0 Å². The second-order valence-corrected chi connectivity index (χ2v) is 3.36. The van der Waals surface area contributed by atoms with Gasteiger partial charge in [-0.05, 0) is 18.6 Å². The zero-order valence-electron chi connectivity index (χ0n) is 9.14. The van der Waals surface area contributed by atoms with Crippen LogP contribution in [0.15, 0.2) is 36.0 Å². The third kappa shape index (κ3) is 2.61. The van der Waals surface area contributed by atoms with Crippen LogP contribution in [0, 0.1) is 18.3 Å². The Morgan fingerprint density at radius 3 is 2.62 bits per heavy atom. The first-order chi connectivity index (χ1) is 7.56. The second kappa shape index (κ2) is 4.99. The molecule has 4 nitrogen and oxygen atoms in total. The smallest absolute Gasteiger partial charge is 0.347 e. The van der Waals surface area contributed by atoms with E-state index in [0.29, 0.717) is 0 Å². The minimum atomic E-state index is -1.22. The number of nitriles is 1. The fourth-order valence-electron chi connectivity index (χ4n) is 1.35. The summed E-state index contributed by atoms with van der Waals surface area (Å²) in [5.41, 5.74) is 1.60. The van der Waals surface area contributed by atoms with Crippen molar-refractivity contribution in [2.75, 3.05) is 11.9 Å². The maximum absolute atomic E-state index is 10.7. The second-order valence-electron chi connectivity index (χ2n) is 3.36. The van der Waals surface area contributed by atoms with Gasteiger partial charge in [-0.2, -0.15) is 5.26 Å². The molecule has 82 valence electrons. The molecule has 0 radical (unpaired) electrons. The van der Waals surface area contributed by atoms with Gasteiger partial charge in [0.05, 0.1) is 0 Å². The van der Waals surface area contributed by atoms with Crippen LogP contribution >= 0.6 is 0 Å². The Labute approximate surface area is 94.0 Å². The number of anilines is 1. The number of hydrogen-bond acceptors (Lipinski definition) is 3. The highest BCUT2D eigenvalue weighted by Crippen LogP contribution is 2.18. The van der Waals surface area contributed by atoms with Gasteiger partial charge < -0.3 is 10.0 Å². The van der Waals surface area contributed by atoms with Crippen molar-refractivity contribution in [3.8, 4) is 6.07 Å². The average molecular weight is 216 g/mol. The Morgan fingerprint density at radius 2 is 2.12 bits per heavy atom. The van der Waals surface area contributed by atoms with Gasteiger partial charge >= 0.3 is 5.97 Å². The van der Waals surface area contributed by atoms with E-state index in [0.717, 1.165) is 11.3 Å². The van der Waals surface area contributed by atoms with Crippen LogP contribution in [-0.2, 0) is 4.79 Å². The molecule has 16 heavy (non-hydrogen) atoms. The number of aryl methyl sites for hydroxylation is 1. The number of hydrogen-bond donors (Lipinski definition) is 1. The van der Waals surface area contributed by atoms with Crippen molar-refractivity contribution in [2.24, 2.45) is 0 Å². The number of benzene rings is 1. The summed E-state index contributed by atoms with van der Waals surface area (Å²) in [5, 5.41) is 17.4. The lowest BCUT2D eigenvalue weighted by molar-refractivity contribution is -0.132. The molecule has 0 amide bonds. The third-order valence-corrected chi connectivity index (χ3v) is 2.17. The van der Waals surface area contributed by atoms with Crippen LogP contribution in [0.5, 0.6) is 0 Å². The van der Waals surface area contributed by atoms with Gasteiger partial charge in [0.2, 0.25) is 0 Å². The van der Waals surface area contributed by atoms with Crippen molar-refractivity contribution in [2.45, 2.75) is 6.92 Å². The normalized spacial score (nSPS) is 10.7. The number of rotatable bonds is 3. The Balaban J connectivity index is 3.05. The molecule has 0 spiro atoms. The number of carboxylic acids is 1. The van der Waals surface area contributed by atoms with E-state index < -0.39 is 5.97 Å². The first-order valence-corrected chi connectivity index (χ1v) is 4.70. The summed E-state index contributed by atoms with van der Waals surface area (Å²) in [7, 11) is 1.71. The molecular formula is C12H12N2O2. The van der Waals surface area contributed by atoms with E-state index in [-0.39, 0.29) is 5.57 Å². The summed E-state index contributed by atoms with van der Waals surface area (Å²) < 4.78 is 0. The zero-order valence-corrected chi connectivity index (χ0v) is 9.14. The van der Waals surface area contributed by atoms with Gasteiger partial charge in [-0.1, -0.05) is 18.2 Å². The van der Waals surface area contributed by atoms with Gasteiger partial charge in [0, 0.05) is 18.9 Å². The predicted molar refractivity (Wildman–Crippen MR) is 60.9 cm³/mol. The van der Waals surface area contributed by atoms with Gasteiger partial charge in [-0.25, -0.2) is 4.79 Å². The highest BCUT2D eigenvalue weighted by atomic mass is 16.4. The lowest BCUT2D eigenvalue weighted by atomic mass is 10.2. The van der Waals surface area contributed by atoms with Crippen molar-refractivity contribution in [3.63, 3.8) is 0 Å². The molecule has 1 N–H and O–H groups in total. The molecule has 0 aliphatic carbocycles. The maximum Gasteiger partial charge on any atom is 0.347 e. The molecule has 0 bridgehead atoms. The molecule has 1 aromatic carbocycles. The highest BCUT2D eigenvalue weighted by Gasteiger charge is 2.08. The van der Waals surface area contributed by atoms with Crippen molar-refractivity contribution in [3.05, 3.63) is 41.6 Å². The molecule has 0 fully saturated rings. The van der Waals surface area contributed by atoms with Gasteiger partial charge in [-0.15, -0.1) is 0 Å². The zero-order chi connectivity index (χ0) is 12.1. The summed E-state index contributed by atoms with van der Waals surface area (Å²) in [4.78, 5) is 12.3. The maximum atomic E-state index is 10.7. The lowest BCUT2D eigenvalue weighted by Crippen LogP contribution is -2.13. The van der Waals surface area contributed by atoms with Crippen LogP contribution in [0.25, 0.3) is 0 Å². The average Bonchev–Trinajstić information content (AvgIpc) is 2.25. The molecule has 4 heteroatoms. The molecule has 0 aliphatic rings. The van der Waals surface area contributed by atoms with Crippen molar-refractivity contribution < 1.29 is 9.90 Å². The Hall–Kier alpha value is -2.28. The number of para-hydroxylation sites is 1. The first-order valence-electron chi connectivity index (χ1n) is 4.70. The van der Waals surface area contributed by atoms with Gasteiger partial charge in [0.15, 0.2) is 5.57 Å². The van der Waals surface area contributed by atoms with Crippen LogP contribution in [0.3, 0.4) is 0 Å². The van der Waals surface area contributed by atoms with Crippen LogP contribution in [0.1, 0.15) is 5.56 Å². The molecule has 0 saturated heterocycles. The largest absolute Gasteiger partial charge is 0.477 e. The van der Waals surface area contributed by atoms with Crippen LogP contribution in [0.4, 0.5) is 5.69 Å². The molecule has 0 aromatic heterocycles. The summed E-state index contributed by atoms with van der Waals surface area (Å²) in [6.45, 7) is 1.92. The topological polar surface area (TPSA) is 64.3 Å². The molecular weight excluding hydrogens is 204 g/mol. The van der Waals surface area contributed by atoms with Crippen molar-refractivity contribution in [1.29, 1.82) is 5.26 Å². The van der Waals surface area contributed by atoms with Crippen LogP contribution < -0.4 is 4.90 Å². The van der Waals surface area contributed by atoms with E-state index in [2.05, 4.69) is 0 Å². The number of carbonyl (C=O) groups is 1. The number of aliphatic carboxylic acids is 1. The third-order valence-electron chi connectivity index (χ3n) is 2.17. The van der Waals surface area contributed by atoms with Crippen LogP contribution in [0.2, 0.25) is 0 Å². The Morgan fingerprint density at radius 1 is 1.50 bits per heavy atom. The summed E-state index contributed by atoms with van der Waals surface area (Å²) in [6.07, 6.45) is 1.31. The molecule has 0 heterocycles. The summed E-state index contributed by atoms with van der Waals surface area (Å²) >= 11 is 0. The van der Waals surface area contributed by atoms with E-state index in [1.54, 1.807) is 18.0 Å². The van der Waals surface area contributed by atoms with Crippen molar-refractivity contribution >= 4 is 11.7 Å². The van der Waals surface area contributed by atoms with E-state index in [4.69, 9.17) is 10.4 Å². The fourth-order valence-corrected chi connectivity index (χ4v) is 1.35. The van der Waals surface area contributed by atoms with Crippen LogP contribution in [-0.4, -0.2) is 18.1 Å². The monoisotopic (exact) mass is 216 g/mol. The Bertz CT molecular complexity index is 472. The molecule has 0 saturated carbocycles. The minimum absolute atomic E-state index is 0.286. The predicted octanol–water partition coefficient (Wildman–Crippen LogP) is 1.92. The van der Waals surface area contributed by atoms with E-state index in [9.17, 15) is 4.79 Å². The molecule has 0 aliphatic heterocycles. The standard InChI is InChI=1S/C12H12N2O2/c1-9-5-3-4-6-11(9)14(2)8-10(7-13)12(15)16/h3-6,8H,1-2H3,(H,15,16). The molecule has 1 rings (SSSR count). The summed E-state index contributed by atoms with van der Waals surface area (Å²) in [5.74, 6) is -1.22. The molecule has 1 aromatic rings. The van der Waals surface area contributed by atoms with E-state index in [1.807, 2.05) is 31.2 Å². The van der Waals surface area contributed by atoms with E-state index >= 15 is 0 Å². The van der Waals surface area contributed by atoms with Crippen molar-refractivity contribution in [1.82, 2.24) is 0 Å². The lowest BCUT2D eigenvalue weighted by Gasteiger charge is -2.16. The van der Waals surface area contributed by atoms with Gasteiger partial charge in [0.1, 0.15) is 6.07 Å². The Kier molecular flexibility index (Phi) is 3.67. The SMILES string of the molecule is Cc1ccccc1N(C)C=C(C#N)C(=O)O.